The fourth-order valence-corrected chi connectivity index (χ4v) is 4.37. The number of carbonyl (C=O) groups is 1. The second kappa shape index (κ2) is 8.39. The van der Waals surface area contributed by atoms with Gasteiger partial charge in [-0.05, 0) is 73.6 Å². The van der Waals surface area contributed by atoms with Crippen LogP contribution >= 0.6 is 27.7 Å². The minimum atomic E-state index is -0.0651. The van der Waals surface area contributed by atoms with Gasteiger partial charge in [0.2, 0.25) is 0 Å². The largest absolute Gasteiger partial charge is 0.271 e. The van der Waals surface area contributed by atoms with Crippen molar-refractivity contribution < 1.29 is 4.79 Å². The van der Waals surface area contributed by atoms with Gasteiger partial charge in [-0.2, -0.15) is 0 Å². The summed E-state index contributed by atoms with van der Waals surface area (Å²) in [5, 5.41) is 0.656. The minimum Gasteiger partial charge on any atom is -0.268 e. The molecule has 0 saturated carbocycles. The summed E-state index contributed by atoms with van der Waals surface area (Å²) in [4.78, 5) is 20.4. The lowest BCUT2D eigenvalue weighted by molar-refractivity contribution is -0.113. The standard InChI is InChI=1S/C24H19BrN2OS/c1-16-6-10-20(11-7-16)26-24-27(21-12-8-17(2)9-13-21)23(28)22(29-24)15-18-4-3-5-19(25)14-18/h3-15H,1-2H3/b22-15+,26-24?. The van der Waals surface area contributed by atoms with Crippen molar-refractivity contribution in [3.63, 3.8) is 0 Å². The molecule has 0 unspecified atom stereocenters. The summed E-state index contributed by atoms with van der Waals surface area (Å²) in [7, 11) is 0. The molecule has 3 aromatic carbocycles. The topological polar surface area (TPSA) is 32.7 Å². The number of halogens is 1. The molecule has 1 aliphatic rings. The Hall–Kier alpha value is -2.63. The Bertz CT molecular complexity index is 1120. The van der Waals surface area contributed by atoms with Gasteiger partial charge in [-0.15, -0.1) is 0 Å². The first kappa shape index (κ1) is 19.7. The molecular formula is C24H19BrN2OS. The van der Waals surface area contributed by atoms with Crippen molar-refractivity contribution in [2.75, 3.05) is 4.90 Å². The summed E-state index contributed by atoms with van der Waals surface area (Å²) in [6.07, 6.45) is 1.91. The molecule has 3 aromatic rings. The average molecular weight is 463 g/mol. The van der Waals surface area contributed by atoms with Gasteiger partial charge in [-0.1, -0.05) is 63.5 Å². The maximum absolute atomic E-state index is 13.3. The van der Waals surface area contributed by atoms with E-state index in [0.29, 0.717) is 10.1 Å². The van der Waals surface area contributed by atoms with Crippen LogP contribution in [-0.4, -0.2) is 11.1 Å². The highest BCUT2D eigenvalue weighted by molar-refractivity contribution is 9.10. The number of hydrogen-bond acceptors (Lipinski definition) is 3. The molecule has 1 amide bonds. The summed E-state index contributed by atoms with van der Waals surface area (Å²) in [6.45, 7) is 4.08. The highest BCUT2D eigenvalue weighted by atomic mass is 79.9. The third-order valence-corrected chi connectivity index (χ3v) is 5.97. The molecule has 0 aromatic heterocycles. The Balaban J connectivity index is 1.77. The SMILES string of the molecule is Cc1ccc(N=C2S/C(=C/c3cccc(Br)c3)C(=O)N2c2ccc(C)cc2)cc1. The average Bonchev–Trinajstić information content (AvgIpc) is 2.99. The third-order valence-electron chi connectivity index (χ3n) is 4.50. The van der Waals surface area contributed by atoms with Gasteiger partial charge in [-0.3, -0.25) is 9.69 Å². The van der Waals surface area contributed by atoms with E-state index < -0.39 is 0 Å². The zero-order valence-electron chi connectivity index (χ0n) is 16.1. The van der Waals surface area contributed by atoms with Crippen LogP contribution in [0.15, 0.2) is 87.2 Å². The molecule has 0 atom stereocenters. The van der Waals surface area contributed by atoms with Crippen LogP contribution in [0.1, 0.15) is 16.7 Å². The van der Waals surface area contributed by atoms with Crippen molar-refractivity contribution in [3.05, 3.63) is 98.9 Å². The third kappa shape index (κ3) is 4.52. The predicted molar refractivity (Wildman–Crippen MR) is 127 cm³/mol. The van der Waals surface area contributed by atoms with E-state index in [-0.39, 0.29) is 5.91 Å². The molecule has 1 heterocycles. The van der Waals surface area contributed by atoms with Crippen molar-refractivity contribution in [2.45, 2.75) is 13.8 Å². The monoisotopic (exact) mass is 462 g/mol. The van der Waals surface area contributed by atoms with Gasteiger partial charge in [0.25, 0.3) is 5.91 Å². The van der Waals surface area contributed by atoms with E-state index in [1.54, 1.807) is 4.90 Å². The van der Waals surface area contributed by atoms with E-state index in [4.69, 9.17) is 4.99 Å². The molecule has 1 fully saturated rings. The quantitative estimate of drug-likeness (QED) is 0.397. The van der Waals surface area contributed by atoms with Crippen LogP contribution in [0, 0.1) is 13.8 Å². The van der Waals surface area contributed by atoms with Gasteiger partial charge in [0, 0.05) is 4.47 Å². The van der Waals surface area contributed by atoms with Gasteiger partial charge in [-0.25, -0.2) is 4.99 Å². The number of rotatable bonds is 3. The molecule has 5 heteroatoms. The van der Waals surface area contributed by atoms with Crippen molar-refractivity contribution in [1.82, 2.24) is 0 Å². The summed E-state index contributed by atoms with van der Waals surface area (Å²) in [6, 6.07) is 23.8. The number of aliphatic imine (C=N–C) groups is 1. The van der Waals surface area contributed by atoms with Gasteiger partial charge in [0.05, 0.1) is 16.3 Å². The summed E-state index contributed by atoms with van der Waals surface area (Å²) in [5.74, 6) is -0.0651. The number of thioether (sulfide) groups is 1. The molecule has 0 N–H and O–H groups in total. The van der Waals surface area contributed by atoms with Gasteiger partial charge < -0.3 is 0 Å². The molecule has 1 saturated heterocycles. The fourth-order valence-electron chi connectivity index (χ4n) is 2.95. The molecule has 0 spiro atoms. The molecule has 3 nitrogen and oxygen atoms in total. The number of aryl methyl sites for hydroxylation is 2. The normalized spacial score (nSPS) is 16.8. The second-order valence-corrected chi connectivity index (χ2v) is 8.80. The predicted octanol–water partition coefficient (Wildman–Crippen LogP) is 6.87. The van der Waals surface area contributed by atoms with E-state index in [0.717, 1.165) is 27.0 Å². The molecular weight excluding hydrogens is 444 g/mol. The fraction of sp³-hybridized carbons (Fsp3) is 0.0833. The number of nitrogens with zero attached hydrogens (tertiary/aromatic N) is 2. The van der Waals surface area contributed by atoms with Gasteiger partial charge in [0.15, 0.2) is 5.17 Å². The van der Waals surface area contributed by atoms with Crippen LogP contribution in [0.3, 0.4) is 0 Å². The summed E-state index contributed by atoms with van der Waals surface area (Å²) in [5.41, 5.74) is 4.93. The van der Waals surface area contributed by atoms with Crippen LogP contribution < -0.4 is 4.90 Å². The van der Waals surface area contributed by atoms with E-state index in [1.807, 2.05) is 92.7 Å². The van der Waals surface area contributed by atoms with E-state index in [9.17, 15) is 4.79 Å². The maximum Gasteiger partial charge on any atom is 0.271 e. The Morgan fingerprint density at radius 1 is 0.931 bits per heavy atom. The highest BCUT2D eigenvalue weighted by Gasteiger charge is 2.34. The summed E-state index contributed by atoms with van der Waals surface area (Å²) < 4.78 is 0.978. The highest BCUT2D eigenvalue weighted by Crippen LogP contribution is 2.37. The van der Waals surface area contributed by atoms with Crippen molar-refractivity contribution >= 4 is 56.2 Å². The molecule has 29 heavy (non-hydrogen) atoms. The van der Waals surface area contributed by atoms with Crippen molar-refractivity contribution in [3.8, 4) is 0 Å². The van der Waals surface area contributed by atoms with Crippen LogP contribution in [-0.2, 0) is 4.79 Å². The summed E-state index contributed by atoms with van der Waals surface area (Å²) >= 11 is 4.89. The smallest absolute Gasteiger partial charge is 0.268 e. The Morgan fingerprint density at radius 2 is 1.59 bits per heavy atom. The number of carbonyl (C=O) groups excluding carboxylic acids is 1. The number of amides is 1. The number of anilines is 1. The van der Waals surface area contributed by atoms with Gasteiger partial charge >= 0.3 is 0 Å². The van der Waals surface area contributed by atoms with Gasteiger partial charge in [0.1, 0.15) is 0 Å². The Morgan fingerprint density at radius 3 is 2.24 bits per heavy atom. The van der Waals surface area contributed by atoms with Crippen molar-refractivity contribution in [2.24, 2.45) is 4.99 Å². The number of hydrogen-bond donors (Lipinski definition) is 0. The first-order valence-corrected chi connectivity index (χ1v) is 10.8. The van der Waals surface area contributed by atoms with Crippen molar-refractivity contribution in [1.29, 1.82) is 0 Å². The lowest BCUT2D eigenvalue weighted by atomic mass is 10.2. The molecule has 4 rings (SSSR count). The number of amidine groups is 1. The minimum absolute atomic E-state index is 0.0651. The Labute approximate surface area is 183 Å². The molecule has 0 bridgehead atoms. The Kier molecular flexibility index (Phi) is 5.69. The second-order valence-electron chi connectivity index (χ2n) is 6.87. The van der Waals surface area contributed by atoms with E-state index >= 15 is 0 Å². The van der Waals surface area contributed by atoms with Crippen LogP contribution in [0.5, 0.6) is 0 Å². The lowest BCUT2D eigenvalue weighted by Crippen LogP contribution is -2.28. The molecule has 0 aliphatic carbocycles. The van der Waals surface area contributed by atoms with E-state index in [1.165, 1.54) is 17.3 Å². The molecule has 144 valence electrons. The van der Waals surface area contributed by atoms with E-state index in [2.05, 4.69) is 15.9 Å². The molecule has 0 radical (unpaired) electrons. The number of benzene rings is 3. The zero-order valence-corrected chi connectivity index (χ0v) is 18.5. The van der Waals surface area contributed by atoms with Crippen LogP contribution in [0.4, 0.5) is 11.4 Å². The zero-order chi connectivity index (χ0) is 20.4. The first-order valence-electron chi connectivity index (χ1n) is 9.21. The van der Waals surface area contributed by atoms with Crippen LogP contribution in [0.25, 0.3) is 6.08 Å². The first-order chi connectivity index (χ1) is 14.0. The molecule has 1 aliphatic heterocycles. The van der Waals surface area contributed by atoms with Crippen LogP contribution in [0.2, 0.25) is 0 Å². The maximum atomic E-state index is 13.3. The lowest BCUT2D eigenvalue weighted by Gasteiger charge is -2.16.